The highest BCUT2D eigenvalue weighted by atomic mass is 16.5. The van der Waals surface area contributed by atoms with Gasteiger partial charge >= 0.3 is 11.9 Å². The number of dihydropyridines is 1. The number of rotatable bonds is 12. The monoisotopic (exact) mass is 553 g/mol. The zero-order chi connectivity index (χ0) is 29.4. The molecular formula is C33H35N3O5. The summed E-state index contributed by atoms with van der Waals surface area (Å²) < 4.78 is 18.5. The summed E-state index contributed by atoms with van der Waals surface area (Å²) in [5.74, 6) is -1.21. The maximum absolute atomic E-state index is 13.5. The summed E-state index contributed by atoms with van der Waals surface area (Å²) >= 11 is 0. The smallest absolute Gasteiger partial charge is 0.337 e. The molecule has 0 saturated carbocycles. The number of nitrogens with one attached hydrogen (secondary N) is 1. The average molecular weight is 554 g/mol. The molecule has 0 unspecified atom stereocenters. The number of carbonyl (C=O) groups excluding carboxylic acids is 2. The van der Waals surface area contributed by atoms with Gasteiger partial charge in [0.15, 0.2) is 0 Å². The summed E-state index contributed by atoms with van der Waals surface area (Å²) in [6, 6.07) is 17.3. The van der Waals surface area contributed by atoms with Crippen LogP contribution in [0.2, 0.25) is 0 Å². The van der Waals surface area contributed by atoms with E-state index in [4.69, 9.17) is 19.3 Å². The van der Waals surface area contributed by atoms with Crippen LogP contribution in [0.25, 0.3) is 16.9 Å². The lowest BCUT2D eigenvalue weighted by Gasteiger charge is -2.30. The molecule has 41 heavy (non-hydrogen) atoms. The van der Waals surface area contributed by atoms with Crippen LogP contribution < -0.4 is 10.1 Å². The molecule has 0 fully saturated rings. The number of para-hydroxylation sites is 1. The van der Waals surface area contributed by atoms with Crippen molar-refractivity contribution in [2.45, 2.75) is 33.1 Å². The normalized spacial score (nSPS) is 13.4. The molecule has 0 radical (unpaired) electrons. The van der Waals surface area contributed by atoms with Gasteiger partial charge in [0.2, 0.25) is 0 Å². The van der Waals surface area contributed by atoms with Crippen LogP contribution in [0.4, 0.5) is 0 Å². The van der Waals surface area contributed by atoms with Gasteiger partial charge in [-0.15, -0.1) is 0 Å². The van der Waals surface area contributed by atoms with E-state index < -0.39 is 17.9 Å². The maximum Gasteiger partial charge on any atom is 0.337 e. The summed E-state index contributed by atoms with van der Waals surface area (Å²) in [5, 5.41) is 8.13. The third-order valence-electron chi connectivity index (χ3n) is 6.54. The number of nitrogens with zero attached hydrogens (tertiary/aromatic N) is 2. The molecule has 1 aliphatic rings. The first kappa shape index (κ1) is 29.1. The van der Waals surface area contributed by atoms with E-state index >= 15 is 0 Å². The fourth-order valence-corrected chi connectivity index (χ4v) is 4.74. The Labute approximate surface area is 240 Å². The second kappa shape index (κ2) is 13.5. The van der Waals surface area contributed by atoms with E-state index in [1.165, 1.54) is 12.2 Å². The highest BCUT2D eigenvalue weighted by Crippen LogP contribution is 2.43. The Balaban J connectivity index is 1.94. The van der Waals surface area contributed by atoms with E-state index in [2.05, 4.69) is 25.4 Å². The van der Waals surface area contributed by atoms with Gasteiger partial charge in [-0.25, -0.2) is 14.3 Å². The van der Waals surface area contributed by atoms with Crippen LogP contribution >= 0.6 is 0 Å². The summed E-state index contributed by atoms with van der Waals surface area (Å²) in [6.45, 7) is 13.6. The van der Waals surface area contributed by atoms with E-state index in [1.807, 2.05) is 60.8 Å². The van der Waals surface area contributed by atoms with E-state index in [0.29, 0.717) is 40.4 Å². The molecule has 0 atom stereocenters. The Bertz CT molecular complexity index is 1440. The highest BCUT2D eigenvalue weighted by Gasteiger charge is 2.40. The number of hydrogen-bond acceptors (Lipinski definition) is 7. The molecule has 0 aliphatic carbocycles. The van der Waals surface area contributed by atoms with E-state index in [-0.39, 0.29) is 13.2 Å². The quantitative estimate of drug-likeness (QED) is 0.217. The molecule has 1 N–H and O–H groups in total. The van der Waals surface area contributed by atoms with Crippen LogP contribution in [-0.2, 0) is 19.1 Å². The molecule has 0 spiro atoms. The Morgan fingerprint density at radius 3 is 2.05 bits per heavy atom. The molecular weight excluding hydrogens is 518 g/mol. The molecule has 0 amide bonds. The number of hydrogen-bond donors (Lipinski definition) is 1. The Hall–Kier alpha value is -4.85. The van der Waals surface area contributed by atoms with Crippen molar-refractivity contribution in [1.29, 1.82) is 0 Å². The SMILES string of the molecule is C=CCOC(=O)C1=C(C)NC(C)=C(C(=O)OCC=C)C1c1cn(-c2ccccc2)nc1-c1ccc(OCCC)cc1. The Morgan fingerprint density at radius 1 is 0.927 bits per heavy atom. The van der Waals surface area contributed by atoms with E-state index in [0.717, 1.165) is 23.4 Å². The molecule has 1 aliphatic heterocycles. The molecule has 8 nitrogen and oxygen atoms in total. The molecule has 0 bridgehead atoms. The predicted molar refractivity (Wildman–Crippen MR) is 158 cm³/mol. The zero-order valence-electron chi connectivity index (χ0n) is 23.7. The van der Waals surface area contributed by atoms with Crippen LogP contribution in [0, 0.1) is 0 Å². The fraction of sp³-hybridized carbons (Fsp3) is 0.242. The first-order valence-electron chi connectivity index (χ1n) is 13.5. The Kier molecular flexibility index (Phi) is 9.58. The zero-order valence-corrected chi connectivity index (χ0v) is 23.7. The van der Waals surface area contributed by atoms with Gasteiger partial charge in [0, 0.05) is 28.7 Å². The van der Waals surface area contributed by atoms with Crippen LogP contribution in [0.1, 0.15) is 38.7 Å². The predicted octanol–water partition coefficient (Wildman–Crippen LogP) is 6.02. The third-order valence-corrected chi connectivity index (χ3v) is 6.54. The van der Waals surface area contributed by atoms with Crippen molar-refractivity contribution < 1.29 is 23.8 Å². The molecule has 212 valence electrons. The van der Waals surface area contributed by atoms with Crippen molar-refractivity contribution in [2.75, 3.05) is 19.8 Å². The molecule has 1 aromatic heterocycles. The Morgan fingerprint density at radius 2 is 1.51 bits per heavy atom. The first-order valence-corrected chi connectivity index (χ1v) is 13.5. The first-order chi connectivity index (χ1) is 19.9. The molecule has 3 aromatic rings. The van der Waals surface area contributed by atoms with Gasteiger partial charge in [0.05, 0.1) is 35.1 Å². The van der Waals surface area contributed by atoms with Gasteiger partial charge in [0.1, 0.15) is 19.0 Å². The summed E-state index contributed by atoms with van der Waals surface area (Å²) in [5.41, 5.74) is 4.60. The largest absolute Gasteiger partial charge is 0.494 e. The van der Waals surface area contributed by atoms with Gasteiger partial charge in [0.25, 0.3) is 0 Å². The van der Waals surface area contributed by atoms with Crippen LogP contribution in [0.5, 0.6) is 5.75 Å². The van der Waals surface area contributed by atoms with Gasteiger partial charge in [-0.2, -0.15) is 5.10 Å². The lowest BCUT2D eigenvalue weighted by molar-refractivity contribution is -0.138. The van der Waals surface area contributed by atoms with Crippen molar-refractivity contribution in [1.82, 2.24) is 15.1 Å². The van der Waals surface area contributed by atoms with Gasteiger partial charge in [-0.3, -0.25) is 0 Å². The standard InChI is InChI=1S/C33H35N3O5/c1-6-18-39-26-16-14-24(15-17-26)31-27(21-36(35-31)25-12-10-9-11-13-25)30-28(32(37)40-19-7-2)22(4)34-23(5)29(30)33(38)41-20-8-3/h7-17,21,30,34H,2-3,6,18-20H2,1,4-5H3. The number of ether oxygens (including phenoxy) is 3. The van der Waals surface area contributed by atoms with Crippen molar-refractivity contribution >= 4 is 11.9 Å². The number of aromatic nitrogens is 2. The van der Waals surface area contributed by atoms with Gasteiger partial charge in [-0.05, 0) is 56.7 Å². The molecule has 4 rings (SSSR count). The minimum Gasteiger partial charge on any atom is -0.494 e. The van der Waals surface area contributed by atoms with E-state index in [9.17, 15) is 9.59 Å². The van der Waals surface area contributed by atoms with Crippen molar-refractivity contribution in [3.8, 4) is 22.7 Å². The minimum absolute atomic E-state index is 0.0244. The minimum atomic E-state index is -0.825. The number of carbonyl (C=O) groups is 2. The highest BCUT2D eigenvalue weighted by molar-refractivity contribution is 6.00. The number of benzene rings is 2. The van der Waals surface area contributed by atoms with E-state index in [1.54, 1.807) is 18.5 Å². The van der Waals surface area contributed by atoms with Crippen LogP contribution in [0.3, 0.4) is 0 Å². The third kappa shape index (κ3) is 6.49. The van der Waals surface area contributed by atoms with Crippen LogP contribution in [0.15, 0.2) is 109 Å². The van der Waals surface area contributed by atoms with Gasteiger partial charge in [-0.1, -0.05) is 50.4 Å². The maximum atomic E-state index is 13.5. The molecule has 2 heterocycles. The van der Waals surface area contributed by atoms with Crippen molar-refractivity contribution in [2.24, 2.45) is 0 Å². The van der Waals surface area contributed by atoms with Gasteiger partial charge < -0.3 is 19.5 Å². The topological polar surface area (TPSA) is 91.7 Å². The number of esters is 2. The average Bonchev–Trinajstić information content (AvgIpc) is 3.43. The molecule has 2 aromatic carbocycles. The summed E-state index contributed by atoms with van der Waals surface area (Å²) in [6.07, 6.45) is 5.75. The summed E-state index contributed by atoms with van der Waals surface area (Å²) in [7, 11) is 0. The number of allylic oxidation sites excluding steroid dienone is 2. The second-order valence-corrected chi connectivity index (χ2v) is 9.50. The molecule has 0 saturated heterocycles. The second-order valence-electron chi connectivity index (χ2n) is 9.50. The van der Waals surface area contributed by atoms with Crippen LogP contribution in [-0.4, -0.2) is 41.5 Å². The van der Waals surface area contributed by atoms with Crippen molar-refractivity contribution in [3.63, 3.8) is 0 Å². The molecule has 8 heteroatoms. The lowest BCUT2D eigenvalue weighted by Crippen LogP contribution is -2.32. The fourth-order valence-electron chi connectivity index (χ4n) is 4.74. The van der Waals surface area contributed by atoms with Crippen molar-refractivity contribution in [3.05, 3.63) is 114 Å². The summed E-state index contributed by atoms with van der Waals surface area (Å²) in [4.78, 5) is 27.0. The lowest BCUT2D eigenvalue weighted by atomic mass is 9.79.